The number of hydrogen-bond acceptors (Lipinski definition) is 6. The maximum Gasteiger partial charge on any atom is 0.337 e. The van der Waals surface area contributed by atoms with Crippen LogP contribution in [0.1, 0.15) is 26.4 Å². The van der Waals surface area contributed by atoms with E-state index in [0.29, 0.717) is 17.1 Å². The molecule has 1 heterocycles. The molecule has 0 unspecified atom stereocenters. The Hall–Kier alpha value is -3.74. The highest BCUT2D eigenvalue weighted by atomic mass is 16.5. The van der Waals surface area contributed by atoms with Crippen LogP contribution < -0.4 is 10.6 Å². The van der Waals surface area contributed by atoms with E-state index in [1.807, 2.05) is 31.2 Å². The van der Waals surface area contributed by atoms with Gasteiger partial charge in [-0.05, 0) is 55.0 Å². The van der Waals surface area contributed by atoms with Crippen molar-refractivity contribution in [2.75, 3.05) is 17.7 Å². The van der Waals surface area contributed by atoms with Gasteiger partial charge in [-0.15, -0.1) is 10.2 Å². The lowest BCUT2D eigenvalue weighted by Crippen LogP contribution is -2.14. The fourth-order valence-corrected chi connectivity index (χ4v) is 2.37. The monoisotopic (exact) mass is 362 g/mol. The molecular formula is C20H18N4O3. The first-order chi connectivity index (χ1) is 13.1. The van der Waals surface area contributed by atoms with Crippen molar-refractivity contribution in [3.8, 4) is 0 Å². The number of hydrogen-bond donors (Lipinski definition) is 2. The Bertz CT molecular complexity index is 954. The highest BCUT2D eigenvalue weighted by Gasteiger charge is 2.10. The van der Waals surface area contributed by atoms with Gasteiger partial charge in [-0.1, -0.05) is 18.2 Å². The lowest BCUT2D eigenvalue weighted by Gasteiger charge is -2.08. The lowest BCUT2D eigenvalue weighted by molar-refractivity contribution is 0.0600. The Balaban J connectivity index is 1.65. The van der Waals surface area contributed by atoms with Crippen LogP contribution in [0, 0.1) is 6.92 Å². The highest BCUT2D eigenvalue weighted by Crippen LogP contribution is 2.18. The van der Waals surface area contributed by atoms with Gasteiger partial charge in [0, 0.05) is 11.4 Å². The SMILES string of the molecule is COC(=O)c1ccc(NC(=O)c2ccc(Nc3ccccc3C)nn2)cc1. The van der Waals surface area contributed by atoms with E-state index in [0.717, 1.165) is 11.3 Å². The average Bonchev–Trinajstić information content (AvgIpc) is 2.70. The van der Waals surface area contributed by atoms with Crippen molar-refractivity contribution >= 4 is 29.1 Å². The number of aryl methyl sites for hydroxylation is 1. The predicted octanol–water partition coefficient (Wildman–Crippen LogP) is 3.57. The van der Waals surface area contributed by atoms with Crippen molar-refractivity contribution < 1.29 is 14.3 Å². The number of carbonyl (C=O) groups is 2. The van der Waals surface area contributed by atoms with Crippen molar-refractivity contribution in [2.24, 2.45) is 0 Å². The van der Waals surface area contributed by atoms with Crippen LogP contribution in [0.2, 0.25) is 0 Å². The summed E-state index contributed by atoms with van der Waals surface area (Å²) in [7, 11) is 1.31. The van der Waals surface area contributed by atoms with Crippen LogP contribution in [0.5, 0.6) is 0 Å². The van der Waals surface area contributed by atoms with Crippen molar-refractivity contribution in [1.29, 1.82) is 0 Å². The molecule has 0 radical (unpaired) electrons. The molecule has 7 heteroatoms. The summed E-state index contributed by atoms with van der Waals surface area (Å²) in [5.74, 6) is -0.283. The van der Waals surface area contributed by atoms with Gasteiger partial charge in [0.15, 0.2) is 11.5 Å². The van der Waals surface area contributed by atoms with E-state index in [4.69, 9.17) is 0 Å². The van der Waals surface area contributed by atoms with E-state index in [9.17, 15) is 9.59 Å². The van der Waals surface area contributed by atoms with Crippen molar-refractivity contribution in [1.82, 2.24) is 10.2 Å². The van der Waals surface area contributed by atoms with Gasteiger partial charge in [0.2, 0.25) is 0 Å². The number of esters is 1. The minimum absolute atomic E-state index is 0.183. The summed E-state index contributed by atoms with van der Waals surface area (Å²) in [6.07, 6.45) is 0. The number of carbonyl (C=O) groups excluding carboxylic acids is 2. The number of para-hydroxylation sites is 1. The molecule has 7 nitrogen and oxygen atoms in total. The maximum absolute atomic E-state index is 12.3. The molecule has 2 N–H and O–H groups in total. The number of rotatable bonds is 5. The Morgan fingerprint density at radius 3 is 2.30 bits per heavy atom. The van der Waals surface area contributed by atoms with Crippen molar-refractivity contribution in [2.45, 2.75) is 6.92 Å². The quantitative estimate of drug-likeness (QED) is 0.674. The molecule has 0 aliphatic heterocycles. The first kappa shape index (κ1) is 18.1. The Morgan fingerprint density at radius 2 is 1.67 bits per heavy atom. The van der Waals surface area contributed by atoms with Crippen LogP contribution in [-0.4, -0.2) is 29.2 Å². The number of nitrogens with zero attached hydrogens (tertiary/aromatic N) is 2. The fraction of sp³-hybridized carbons (Fsp3) is 0.100. The zero-order valence-corrected chi connectivity index (χ0v) is 14.9. The van der Waals surface area contributed by atoms with Crippen LogP contribution in [0.3, 0.4) is 0 Å². The maximum atomic E-state index is 12.3. The van der Waals surface area contributed by atoms with E-state index in [-0.39, 0.29) is 5.69 Å². The van der Waals surface area contributed by atoms with Gasteiger partial charge in [0.25, 0.3) is 5.91 Å². The zero-order valence-electron chi connectivity index (χ0n) is 14.9. The number of methoxy groups -OCH3 is 1. The molecule has 0 aliphatic carbocycles. The van der Waals surface area contributed by atoms with Gasteiger partial charge in [0.05, 0.1) is 12.7 Å². The van der Waals surface area contributed by atoms with Gasteiger partial charge in [-0.3, -0.25) is 4.79 Å². The third-order valence-electron chi connectivity index (χ3n) is 3.87. The number of ether oxygens (including phenoxy) is 1. The summed E-state index contributed by atoms with van der Waals surface area (Å²) in [6.45, 7) is 1.99. The summed E-state index contributed by atoms with van der Waals surface area (Å²) in [5.41, 5.74) is 3.13. The van der Waals surface area contributed by atoms with Crippen LogP contribution in [0.15, 0.2) is 60.7 Å². The van der Waals surface area contributed by atoms with Crippen LogP contribution in [0.25, 0.3) is 0 Å². The second-order valence-electron chi connectivity index (χ2n) is 5.77. The Labute approximate surface area is 156 Å². The van der Waals surface area contributed by atoms with E-state index >= 15 is 0 Å². The molecule has 136 valence electrons. The number of amides is 1. The molecule has 0 fully saturated rings. The number of benzene rings is 2. The van der Waals surface area contributed by atoms with Crippen LogP contribution >= 0.6 is 0 Å². The van der Waals surface area contributed by atoms with Crippen LogP contribution in [0.4, 0.5) is 17.2 Å². The van der Waals surface area contributed by atoms with Gasteiger partial charge in [0.1, 0.15) is 0 Å². The largest absolute Gasteiger partial charge is 0.465 e. The molecule has 0 bridgehead atoms. The van der Waals surface area contributed by atoms with Gasteiger partial charge in [-0.2, -0.15) is 0 Å². The van der Waals surface area contributed by atoms with E-state index < -0.39 is 11.9 Å². The normalized spacial score (nSPS) is 10.1. The van der Waals surface area contributed by atoms with Crippen LogP contribution in [-0.2, 0) is 4.74 Å². The zero-order chi connectivity index (χ0) is 19.2. The first-order valence-corrected chi connectivity index (χ1v) is 8.23. The molecule has 1 aromatic heterocycles. The third-order valence-corrected chi connectivity index (χ3v) is 3.87. The number of aromatic nitrogens is 2. The summed E-state index contributed by atoms with van der Waals surface area (Å²) in [5, 5.41) is 13.9. The van der Waals surface area contributed by atoms with Gasteiger partial charge < -0.3 is 15.4 Å². The average molecular weight is 362 g/mol. The summed E-state index contributed by atoms with van der Waals surface area (Å²) in [6, 6.07) is 17.5. The Kier molecular flexibility index (Phi) is 5.41. The molecule has 1 amide bonds. The van der Waals surface area contributed by atoms with E-state index in [2.05, 4.69) is 25.6 Å². The smallest absolute Gasteiger partial charge is 0.337 e. The minimum Gasteiger partial charge on any atom is -0.465 e. The van der Waals surface area contributed by atoms with E-state index in [1.165, 1.54) is 7.11 Å². The molecule has 0 aliphatic rings. The van der Waals surface area contributed by atoms with E-state index in [1.54, 1.807) is 36.4 Å². The van der Waals surface area contributed by atoms with Crippen molar-refractivity contribution in [3.63, 3.8) is 0 Å². The topological polar surface area (TPSA) is 93.2 Å². The fourth-order valence-electron chi connectivity index (χ4n) is 2.37. The minimum atomic E-state index is -0.435. The Morgan fingerprint density at radius 1 is 0.926 bits per heavy atom. The number of anilines is 3. The molecule has 2 aromatic carbocycles. The molecular weight excluding hydrogens is 344 g/mol. The highest BCUT2D eigenvalue weighted by molar-refractivity contribution is 6.03. The van der Waals surface area contributed by atoms with Gasteiger partial charge >= 0.3 is 5.97 Å². The number of nitrogens with one attached hydrogen (secondary N) is 2. The van der Waals surface area contributed by atoms with Crippen molar-refractivity contribution in [3.05, 3.63) is 77.5 Å². The molecule has 3 rings (SSSR count). The molecule has 27 heavy (non-hydrogen) atoms. The summed E-state index contributed by atoms with van der Waals surface area (Å²) >= 11 is 0. The predicted molar refractivity (Wildman–Crippen MR) is 102 cm³/mol. The lowest BCUT2D eigenvalue weighted by atomic mass is 10.2. The second-order valence-corrected chi connectivity index (χ2v) is 5.77. The summed E-state index contributed by atoms with van der Waals surface area (Å²) in [4.78, 5) is 23.7. The molecule has 0 saturated carbocycles. The molecule has 0 atom stereocenters. The molecule has 0 saturated heterocycles. The standard InChI is InChI=1S/C20H18N4O3/c1-13-5-3-4-6-16(13)22-18-12-11-17(23-24-18)19(25)21-15-9-7-14(8-10-15)20(26)27-2/h3-12H,1-2H3,(H,21,25)(H,22,24). The molecule has 0 spiro atoms. The molecule has 3 aromatic rings. The first-order valence-electron chi connectivity index (χ1n) is 8.23. The summed E-state index contributed by atoms with van der Waals surface area (Å²) < 4.78 is 4.64. The third kappa shape index (κ3) is 4.46. The second kappa shape index (κ2) is 8.09. The van der Waals surface area contributed by atoms with Gasteiger partial charge in [-0.25, -0.2) is 4.79 Å².